The van der Waals surface area contributed by atoms with E-state index in [0.717, 1.165) is 18.0 Å². The smallest absolute Gasteiger partial charge is 0.408 e. The van der Waals surface area contributed by atoms with E-state index < -0.39 is 78.0 Å². The molecule has 8 N–H and O–H groups in total. The number of methoxy groups -OCH3 is 1. The zero-order valence-electron chi connectivity index (χ0n) is 44.8. The van der Waals surface area contributed by atoms with Gasteiger partial charge in [-0.1, -0.05) is 59.0 Å². The van der Waals surface area contributed by atoms with E-state index in [0.29, 0.717) is 39.0 Å². The number of aromatic amines is 1. The largest absolute Gasteiger partial charge is 0.508 e. The molecule has 2 aromatic heterocycles. The van der Waals surface area contributed by atoms with E-state index in [-0.39, 0.29) is 81.7 Å². The lowest BCUT2D eigenvalue weighted by Gasteiger charge is -2.26. The molecule has 23 nitrogen and oxygen atoms in total. The highest BCUT2D eigenvalue weighted by Crippen LogP contribution is 2.42. The van der Waals surface area contributed by atoms with Gasteiger partial charge >= 0.3 is 18.0 Å². The lowest BCUT2D eigenvalue weighted by atomic mass is 9.90. The summed E-state index contributed by atoms with van der Waals surface area (Å²) in [5.74, 6) is -6.07. The molecule has 428 valence electrons. The average molecular weight is 1240 g/mol. The summed E-state index contributed by atoms with van der Waals surface area (Å²) in [6, 6.07) is 20.6. The number of imidazole rings is 1. The molecule has 0 bridgehead atoms. The Balaban J connectivity index is 0.967. The quantitative estimate of drug-likeness (QED) is 0.0151. The SMILES string of the molecule is COC(=O)CC(NC(=O)C(Cc1cnc[nH]1)NC(=O)C(CCC(C)=O)NC(=O)C(Cc1cn(C)c2ccccc12)NC(=O)OCc1ccc(NC(=O)c2ccc(-c3c4ccc(=O)cc-4oc4cc(O)ccc34)c(C(=O)O)c2)cc1)C(=O)CI. The van der Waals surface area contributed by atoms with Crippen LogP contribution in [-0.4, -0.2) is 114 Å². The molecule has 5 amide bonds. The van der Waals surface area contributed by atoms with Crippen molar-refractivity contribution in [3.8, 4) is 28.2 Å². The molecular formula is C59H55IN8O15. The van der Waals surface area contributed by atoms with Crippen LogP contribution in [0.4, 0.5) is 10.5 Å². The predicted octanol–water partition coefficient (Wildman–Crippen LogP) is 5.91. The highest BCUT2D eigenvalue weighted by molar-refractivity contribution is 14.1. The van der Waals surface area contributed by atoms with E-state index in [2.05, 4.69) is 36.6 Å². The molecule has 0 fully saturated rings. The van der Waals surface area contributed by atoms with E-state index in [9.17, 15) is 58.2 Å². The number of fused-ring (bicyclic) bond motifs is 3. The van der Waals surface area contributed by atoms with Gasteiger partial charge in [-0.2, -0.15) is 0 Å². The van der Waals surface area contributed by atoms with Crippen LogP contribution in [0.5, 0.6) is 5.75 Å². The Morgan fingerprint density at radius 2 is 1.48 bits per heavy atom. The number of nitrogens with one attached hydrogen (secondary N) is 6. The Morgan fingerprint density at radius 1 is 0.783 bits per heavy atom. The van der Waals surface area contributed by atoms with Gasteiger partial charge in [-0.05, 0) is 84.6 Å². The fourth-order valence-electron chi connectivity index (χ4n) is 9.31. The summed E-state index contributed by atoms with van der Waals surface area (Å²) in [6.07, 6.45) is 2.40. The first-order chi connectivity index (χ1) is 39.8. The summed E-state index contributed by atoms with van der Waals surface area (Å²) in [7, 11) is 2.94. The van der Waals surface area contributed by atoms with Crippen LogP contribution in [0.25, 0.3) is 44.3 Å². The molecule has 2 aliphatic rings. The number of aryl methyl sites for hydroxylation is 1. The molecule has 1 aliphatic heterocycles. The number of hydrogen-bond acceptors (Lipinski definition) is 15. The van der Waals surface area contributed by atoms with E-state index in [1.807, 2.05) is 35.9 Å². The highest BCUT2D eigenvalue weighted by Gasteiger charge is 2.34. The second kappa shape index (κ2) is 26.7. The normalized spacial score (nSPS) is 12.6. The van der Waals surface area contributed by atoms with Gasteiger partial charge in [0, 0.05) is 95.2 Å². The summed E-state index contributed by atoms with van der Waals surface area (Å²) in [4.78, 5) is 139. The number of nitrogens with zero attached hydrogens (tertiary/aromatic N) is 2. The number of Topliss-reactive ketones (excluding diaryl/α,β-unsaturated/α-hetero) is 2. The number of hydrogen-bond donors (Lipinski definition) is 8. The number of ether oxygens (including phenoxy) is 2. The van der Waals surface area contributed by atoms with Crippen molar-refractivity contribution in [1.82, 2.24) is 35.8 Å². The molecule has 4 aromatic carbocycles. The van der Waals surface area contributed by atoms with E-state index >= 15 is 0 Å². The third-order valence-corrected chi connectivity index (χ3v) is 14.3. The first-order valence-corrected chi connectivity index (χ1v) is 27.3. The number of carboxylic acid groups (broad SMARTS) is 1. The number of amides is 5. The zero-order valence-corrected chi connectivity index (χ0v) is 46.9. The number of halogens is 1. The minimum atomic E-state index is -1.45. The zero-order chi connectivity index (χ0) is 59.5. The topological polar surface area (TPSA) is 337 Å². The number of rotatable bonds is 24. The molecule has 4 atom stereocenters. The van der Waals surface area contributed by atoms with Crippen LogP contribution < -0.4 is 32.0 Å². The van der Waals surface area contributed by atoms with Crippen LogP contribution in [0.1, 0.15) is 63.7 Å². The van der Waals surface area contributed by atoms with Crippen molar-refractivity contribution in [2.45, 2.75) is 69.8 Å². The predicted molar refractivity (Wildman–Crippen MR) is 310 cm³/mol. The number of carbonyl (C=O) groups excluding carboxylic acids is 8. The van der Waals surface area contributed by atoms with Gasteiger partial charge in [0.2, 0.25) is 17.7 Å². The van der Waals surface area contributed by atoms with Gasteiger partial charge in [0.05, 0.1) is 35.9 Å². The van der Waals surface area contributed by atoms with Crippen LogP contribution in [0.3, 0.4) is 0 Å². The number of esters is 1. The number of benzene rings is 5. The first-order valence-electron chi connectivity index (χ1n) is 25.8. The number of para-hydroxylation sites is 1. The minimum Gasteiger partial charge on any atom is -0.508 e. The number of anilines is 1. The molecule has 6 aromatic rings. The summed E-state index contributed by atoms with van der Waals surface area (Å²) in [6.45, 7) is 0.986. The Kier molecular flexibility index (Phi) is 19.1. The molecule has 0 saturated heterocycles. The van der Waals surface area contributed by atoms with Crippen LogP contribution in [0, 0.1) is 0 Å². The monoisotopic (exact) mass is 1240 g/mol. The Morgan fingerprint density at radius 3 is 2.18 bits per heavy atom. The second-order valence-corrected chi connectivity index (χ2v) is 20.1. The Labute approximate surface area is 486 Å². The fraction of sp³-hybridized carbons (Fsp3) is 0.237. The lowest BCUT2D eigenvalue weighted by Crippen LogP contribution is -2.58. The first kappa shape index (κ1) is 59.4. The molecule has 0 radical (unpaired) electrons. The number of H-pyrrole nitrogens is 1. The fourth-order valence-corrected chi connectivity index (χ4v) is 9.85. The third-order valence-electron chi connectivity index (χ3n) is 13.5. The van der Waals surface area contributed by atoms with E-state index in [1.165, 1.54) is 80.1 Å². The maximum absolute atomic E-state index is 14.5. The molecule has 1 aliphatic carbocycles. The van der Waals surface area contributed by atoms with Gasteiger partial charge < -0.3 is 65.0 Å². The van der Waals surface area contributed by atoms with Gasteiger partial charge in [0.15, 0.2) is 11.2 Å². The van der Waals surface area contributed by atoms with Gasteiger partial charge in [-0.25, -0.2) is 14.6 Å². The number of aromatic nitrogens is 3. The number of alkyl halides is 1. The number of aromatic hydroxyl groups is 1. The summed E-state index contributed by atoms with van der Waals surface area (Å²) in [5, 5.41) is 35.0. The molecule has 8 rings (SSSR count). The van der Waals surface area contributed by atoms with Gasteiger partial charge in [0.25, 0.3) is 5.91 Å². The van der Waals surface area contributed by atoms with Crippen molar-refractivity contribution in [3.05, 3.63) is 160 Å². The number of ketones is 2. The number of alkyl carbamates (subject to hydrolysis) is 1. The average Bonchev–Trinajstić information content (AvgIpc) is 4.29. The Hall–Kier alpha value is -9.72. The minimum absolute atomic E-state index is 0.00167. The van der Waals surface area contributed by atoms with Crippen molar-refractivity contribution in [2.75, 3.05) is 16.9 Å². The molecule has 4 unspecified atom stereocenters. The maximum atomic E-state index is 14.5. The van der Waals surface area contributed by atoms with Crippen LogP contribution in [0.2, 0.25) is 0 Å². The van der Waals surface area contributed by atoms with E-state index in [4.69, 9.17) is 13.9 Å². The molecule has 24 heteroatoms. The van der Waals surface area contributed by atoms with Crippen LogP contribution in [-0.2, 0) is 64.7 Å². The second-order valence-electron chi connectivity index (χ2n) is 19.4. The summed E-state index contributed by atoms with van der Waals surface area (Å²) < 4.78 is 18.0. The third kappa shape index (κ3) is 14.8. The highest BCUT2D eigenvalue weighted by atomic mass is 127. The maximum Gasteiger partial charge on any atom is 0.408 e. The van der Waals surface area contributed by atoms with Crippen LogP contribution in [0.15, 0.2) is 131 Å². The van der Waals surface area contributed by atoms with Crippen molar-refractivity contribution >= 4 is 103 Å². The summed E-state index contributed by atoms with van der Waals surface area (Å²) in [5.41, 5.74) is 3.33. The molecule has 83 heavy (non-hydrogen) atoms. The summed E-state index contributed by atoms with van der Waals surface area (Å²) >= 11 is 1.79. The number of phenols is 1. The number of aromatic carboxylic acids is 1. The van der Waals surface area contributed by atoms with Gasteiger partial charge in [0.1, 0.15) is 47.6 Å². The molecule has 3 heterocycles. The van der Waals surface area contributed by atoms with Gasteiger partial charge in [-0.3, -0.25) is 33.6 Å². The van der Waals surface area contributed by atoms with Crippen molar-refractivity contribution in [2.24, 2.45) is 7.05 Å². The molecule has 0 saturated carbocycles. The Bertz CT molecular complexity index is 3820. The standard InChI is InChI=1S/C59H55IN8O15/c1-31(69)8-19-44(55(75)66-47(22-36-27-61-30-62-36)57(77)65-45(49(72)26-60)25-52(73)81-3)64-56(76)46(21-34-28-68(2)48-7-5-4-6-39(34)48)67-59(80)82-29-32-9-12-35(13-10-32)63-54(74)33-11-16-40(43(20-33)58(78)79)53-41-17-14-37(70)23-50(41)83-51-24-38(71)15-18-42(51)53/h4-7,9-18,20,23-24,27-28,30,44-47,70H,8,19,21-22,25-26,29H2,1-3H3,(H,61,62)(H,63,74)(H,64,76)(H,65,77)(H,66,75)(H,67,80)(H,78,79). The number of carboxylic acids is 1. The van der Waals surface area contributed by atoms with Crippen molar-refractivity contribution < 1.29 is 67.3 Å². The molecular weight excluding hydrogens is 1190 g/mol. The lowest BCUT2D eigenvalue weighted by molar-refractivity contribution is -0.143. The van der Waals surface area contributed by atoms with Crippen LogP contribution >= 0.6 is 22.6 Å². The number of phenolic OH excluding ortho intramolecular Hbond substituents is 1. The van der Waals surface area contributed by atoms with E-state index in [1.54, 1.807) is 47.0 Å². The van der Waals surface area contributed by atoms with Crippen molar-refractivity contribution in [3.63, 3.8) is 0 Å². The van der Waals surface area contributed by atoms with Crippen molar-refractivity contribution in [1.29, 1.82) is 0 Å². The molecule has 0 spiro atoms. The number of carbonyl (C=O) groups is 9. The van der Waals surface area contributed by atoms with Gasteiger partial charge in [-0.15, -0.1) is 0 Å².